The molecule has 0 radical (unpaired) electrons. The van der Waals surface area contributed by atoms with Gasteiger partial charge in [0.05, 0.1) is 11.3 Å². The zero-order valence-corrected chi connectivity index (χ0v) is 14.9. The van der Waals surface area contributed by atoms with Crippen LogP contribution >= 0.6 is 11.6 Å². The zero-order chi connectivity index (χ0) is 19.1. The number of fused-ring (bicyclic) bond motifs is 3. The lowest BCUT2D eigenvalue weighted by atomic mass is 10.0. The van der Waals surface area contributed by atoms with E-state index in [9.17, 15) is 9.59 Å². The first-order valence-electron chi connectivity index (χ1n) is 8.11. The number of urea groups is 1. The first kappa shape index (κ1) is 17.0. The van der Waals surface area contributed by atoms with E-state index < -0.39 is 11.6 Å². The molecule has 3 N–H and O–H groups in total. The molecule has 136 valence electrons. The van der Waals surface area contributed by atoms with Crippen molar-refractivity contribution in [3.05, 3.63) is 57.6 Å². The molecular formula is C17H14ClN7O2. The van der Waals surface area contributed by atoms with Gasteiger partial charge in [0.2, 0.25) is 0 Å². The lowest BCUT2D eigenvalue weighted by Crippen LogP contribution is -2.36. The second-order valence-corrected chi connectivity index (χ2v) is 6.25. The summed E-state index contributed by atoms with van der Waals surface area (Å²) in [6, 6.07) is 8.12. The number of hydrogen-bond acceptors (Lipinski definition) is 5. The first-order chi connectivity index (χ1) is 13.0. The number of nitrogens with two attached hydrogens (primary N) is 1. The molecule has 2 amide bonds. The highest BCUT2D eigenvalue weighted by Gasteiger charge is 2.18. The molecule has 0 saturated heterocycles. The van der Waals surface area contributed by atoms with Crippen LogP contribution in [0.15, 0.2) is 41.3 Å². The van der Waals surface area contributed by atoms with Crippen molar-refractivity contribution in [2.75, 3.05) is 5.43 Å². The molecule has 0 aliphatic heterocycles. The van der Waals surface area contributed by atoms with Crippen molar-refractivity contribution in [1.29, 1.82) is 0 Å². The number of carbonyl (C=O) groups is 1. The summed E-state index contributed by atoms with van der Waals surface area (Å²) < 4.78 is 2.54. The van der Waals surface area contributed by atoms with Crippen molar-refractivity contribution >= 4 is 34.3 Å². The highest BCUT2D eigenvalue weighted by atomic mass is 35.5. The zero-order valence-electron chi connectivity index (χ0n) is 14.2. The summed E-state index contributed by atoms with van der Waals surface area (Å²) in [6.07, 6.45) is 2.06. The monoisotopic (exact) mass is 383 g/mol. The summed E-state index contributed by atoms with van der Waals surface area (Å²) in [5.74, 6) is 0. The molecule has 4 rings (SSSR count). The molecule has 10 heteroatoms. The van der Waals surface area contributed by atoms with Gasteiger partial charge in [-0.2, -0.15) is 5.10 Å². The van der Waals surface area contributed by atoms with E-state index in [-0.39, 0.29) is 5.52 Å². The van der Waals surface area contributed by atoms with E-state index in [1.54, 1.807) is 22.7 Å². The number of nitrogens with one attached hydrogen (secondary N) is 1. The Balaban J connectivity index is 2.01. The number of halogens is 1. The van der Waals surface area contributed by atoms with Gasteiger partial charge in [0.15, 0.2) is 11.2 Å². The second kappa shape index (κ2) is 6.36. The van der Waals surface area contributed by atoms with E-state index >= 15 is 0 Å². The predicted molar refractivity (Wildman–Crippen MR) is 101 cm³/mol. The van der Waals surface area contributed by atoms with Gasteiger partial charge in [0, 0.05) is 11.2 Å². The Hall–Kier alpha value is -3.46. The largest absolute Gasteiger partial charge is 0.350 e. The topological polar surface area (TPSA) is 120 Å². The molecule has 0 fully saturated rings. The summed E-state index contributed by atoms with van der Waals surface area (Å²) in [4.78, 5) is 23.5. The van der Waals surface area contributed by atoms with Crippen molar-refractivity contribution in [3.8, 4) is 11.1 Å². The van der Waals surface area contributed by atoms with E-state index in [0.717, 1.165) is 21.5 Å². The molecular weight excluding hydrogens is 370 g/mol. The van der Waals surface area contributed by atoms with Gasteiger partial charge in [-0.3, -0.25) is 4.79 Å². The fourth-order valence-corrected chi connectivity index (χ4v) is 3.08. The lowest BCUT2D eigenvalue weighted by Gasteiger charge is -2.06. The summed E-state index contributed by atoms with van der Waals surface area (Å²) in [6.45, 7) is 1.99. The first-order valence-corrected chi connectivity index (χ1v) is 8.49. The number of aryl methyl sites for hydroxylation is 1. The summed E-state index contributed by atoms with van der Waals surface area (Å²) in [7, 11) is 0. The molecule has 0 spiro atoms. The molecule has 9 nitrogen and oxygen atoms in total. The van der Waals surface area contributed by atoms with Crippen LogP contribution in [0.5, 0.6) is 0 Å². The number of nitrogens with zero attached hydrogens (tertiary/aromatic N) is 5. The maximum Gasteiger partial charge on any atom is 0.331 e. The minimum absolute atomic E-state index is 0.0616. The van der Waals surface area contributed by atoms with Crippen LogP contribution in [-0.2, 0) is 6.42 Å². The third kappa shape index (κ3) is 2.77. The van der Waals surface area contributed by atoms with Crippen molar-refractivity contribution in [3.63, 3.8) is 0 Å². The standard InChI is InChI=1S/C17H14ClN7O2/c1-2-11-13(9-3-5-10(18)6-4-9)15-21-20-14-12(25(15)22-11)7-8-24(16(14)26)23-17(19)27/h3-8H,2H2,1H3,(H3,19,23,27). The third-order valence-corrected chi connectivity index (χ3v) is 4.40. The van der Waals surface area contributed by atoms with E-state index in [0.29, 0.717) is 22.6 Å². The van der Waals surface area contributed by atoms with Crippen LogP contribution in [0, 0.1) is 0 Å². The maximum absolute atomic E-state index is 12.5. The Morgan fingerprint density at radius 1 is 1.22 bits per heavy atom. The van der Waals surface area contributed by atoms with Gasteiger partial charge in [-0.1, -0.05) is 30.7 Å². The van der Waals surface area contributed by atoms with Crippen LogP contribution in [0.25, 0.3) is 27.8 Å². The number of pyridine rings is 1. The molecule has 0 aliphatic carbocycles. The van der Waals surface area contributed by atoms with E-state index in [1.165, 1.54) is 6.20 Å². The Labute approximate surface area is 157 Å². The highest BCUT2D eigenvalue weighted by Crippen LogP contribution is 2.29. The minimum atomic E-state index is -0.858. The normalized spacial score (nSPS) is 11.2. The van der Waals surface area contributed by atoms with E-state index in [4.69, 9.17) is 17.3 Å². The van der Waals surface area contributed by atoms with Gasteiger partial charge in [-0.25, -0.2) is 19.4 Å². The summed E-state index contributed by atoms with van der Waals surface area (Å²) in [5, 5.41) is 13.5. The Bertz CT molecular complexity index is 1240. The number of benzene rings is 1. The number of rotatable bonds is 3. The molecule has 3 heterocycles. The Morgan fingerprint density at radius 3 is 2.63 bits per heavy atom. The average Bonchev–Trinajstić information content (AvgIpc) is 3.03. The van der Waals surface area contributed by atoms with Crippen LogP contribution in [0.1, 0.15) is 12.6 Å². The predicted octanol–water partition coefficient (Wildman–Crippen LogP) is 1.94. The number of carbonyl (C=O) groups excluding carboxylic acids is 1. The molecule has 0 aliphatic rings. The van der Waals surface area contributed by atoms with Crippen LogP contribution in [-0.4, -0.2) is 30.5 Å². The summed E-state index contributed by atoms with van der Waals surface area (Å²) >= 11 is 5.99. The van der Waals surface area contributed by atoms with E-state index in [1.807, 2.05) is 19.1 Å². The average molecular weight is 384 g/mol. The van der Waals surface area contributed by atoms with Crippen molar-refractivity contribution in [1.82, 2.24) is 24.5 Å². The smallest absolute Gasteiger partial charge is 0.331 e. The van der Waals surface area contributed by atoms with Gasteiger partial charge in [-0.05, 0) is 30.2 Å². The Kier molecular flexibility index (Phi) is 4.00. The Morgan fingerprint density at radius 2 is 1.96 bits per heavy atom. The van der Waals surface area contributed by atoms with Crippen LogP contribution in [0.3, 0.4) is 0 Å². The quantitative estimate of drug-likeness (QED) is 0.560. The SMILES string of the molecule is CCc1nn2c(nnc3c(=O)n(NC(N)=O)ccc32)c1-c1ccc(Cl)cc1. The van der Waals surface area contributed by atoms with E-state index in [2.05, 4.69) is 20.7 Å². The minimum Gasteiger partial charge on any atom is -0.350 e. The van der Waals surface area contributed by atoms with Gasteiger partial charge < -0.3 is 5.73 Å². The van der Waals surface area contributed by atoms with Crippen molar-refractivity contribution in [2.45, 2.75) is 13.3 Å². The van der Waals surface area contributed by atoms with Crippen molar-refractivity contribution in [2.24, 2.45) is 5.73 Å². The summed E-state index contributed by atoms with van der Waals surface area (Å²) in [5.41, 5.74) is 10.3. The molecule has 27 heavy (non-hydrogen) atoms. The lowest BCUT2D eigenvalue weighted by molar-refractivity contribution is 0.256. The molecule has 0 saturated carbocycles. The molecule has 0 atom stereocenters. The van der Waals surface area contributed by atoms with Gasteiger partial charge in [0.1, 0.15) is 5.52 Å². The van der Waals surface area contributed by atoms with Gasteiger partial charge in [-0.15, -0.1) is 10.2 Å². The van der Waals surface area contributed by atoms with Crippen LogP contribution in [0.4, 0.5) is 4.79 Å². The third-order valence-electron chi connectivity index (χ3n) is 4.15. The molecule has 0 bridgehead atoms. The van der Waals surface area contributed by atoms with Crippen molar-refractivity contribution < 1.29 is 4.79 Å². The van der Waals surface area contributed by atoms with Gasteiger partial charge in [0.25, 0.3) is 5.56 Å². The van der Waals surface area contributed by atoms with Gasteiger partial charge >= 0.3 is 6.03 Å². The molecule has 4 aromatic rings. The fourth-order valence-electron chi connectivity index (χ4n) is 2.96. The number of amides is 2. The fraction of sp³-hybridized carbons (Fsp3) is 0.118. The molecule has 3 aromatic heterocycles. The highest BCUT2D eigenvalue weighted by molar-refractivity contribution is 6.30. The number of aromatic nitrogens is 5. The van der Waals surface area contributed by atoms with Crippen LogP contribution < -0.4 is 16.7 Å². The number of hydrogen-bond donors (Lipinski definition) is 2. The number of primary amides is 1. The molecule has 0 unspecified atom stereocenters. The maximum atomic E-state index is 12.5. The second-order valence-electron chi connectivity index (χ2n) is 5.82. The van der Waals surface area contributed by atoms with Crippen LogP contribution in [0.2, 0.25) is 5.02 Å². The molecule has 1 aromatic carbocycles.